The molecule has 0 saturated carbocycles. The lowest BCUT2D eigenvalue weighted by Gasteiger charge is -2.27. The zero-order valence-corrected chi connectivity index (χ0v) is 12.8. The Balaban J connectivity index is 2.88. The fourth-order valence-electron chi connectivity index (χ4n) is 2.15. The lowest BCUT2D eigenvalue weighted by Crippen LogP contribution is -2.47. The molecule has 112 valence electrons. The Morgan fingerprint density at radius 3 is 2.40 bits per heavy atom. The zero-order chi connectivity index (χ0) is 15.2. The first kappa shape index (κ1) is 16.7. The van der Waals surface area contributed by atoms with Gasteiger partial charge in [0.25, 0.3) is 0 Å². The first-order valence-corrected chi connectivity index (χ1v) is 6.97. The smallest absolute Gasteiger partial charge is 0.328 e. The molecule has 1 unspecified atom stereocenters. The molecule has 0 aliphatic rings. The third kappa shape index (κ3) is 4.32. The van der Waals surface area contributed by atoms with E-state index in [9.17, 15) is 9.90 Å². The van der Waals surface area contributed by atoms with Gasteiger partial charge in [0.15, 0.2) is 0 Å². The van der Waals surface area contributed by atoms with Gasteiger partial charge in [-0.05, 0) is 30.4 Å². The van der Waals surface area contributed by atoms with Gasteiger partial charge in [0.05, 0.1) is 6.61 Å². The molecule has 0 spiro atoms. The maximum atomic E-state index is 11.6. The van der Waals surface area contributed by atoms with Crippen molar-refractivity contribution in [2.24, 2.45) is 5.92 Å². The second kappa shape index (κ2) is 7.41. The minimum Gasteiger partial charge on any atom is -0.480 e. The molecule has 1 atom stereocenters. The second-order valence-electron chi connectivity index (χ2n) is 5.64. The number of benzene rings is 1. The highest BCUT2D eigenvalue weighted by Gasteiger charge is 2.34. The summed E-state index contributed by atoms with van der Waals surface area (Å²) >= 11 is 0. The summed E-state index contributed by atoms with van der Waals surface area (Å²) in [4.78, 5) is 11.6. The summed E-state index contributed by atoms with van der Waals surface area (Å²) in [6, 6.07) is 7.81. The highest BCUT2D eigenvalue weighted by molar-refractivity contribution is 5.80. The molecule has 4 heteroatoms. The van der Waals surface area contributed by atoms with Crippen molar-refractivity contribution in [2.75, 3.05) is 20.3 Å². The fraction of sp³-hybridized carbons (Fsp3) is 0.562. The van der Waals surface area contributed by atoms with E-state index in [0.29, 0.717) is 19.1 Å². The molecule has 1 aromatic rings. The van der Waals surface area contributed by atoms with Crippen LogP contribution in [0.2, 0.25) is 0 Å². The van der Waals surface area contributed by atoms with E-state index >= 15 is 0 Å². The van der Waals surface area contributed by atoms with Gasteiger partial charge in [-0.1, -0.05) is 38.1 Å². The standard InChI is InChI=1S/C16H25NO3/c1-12(2)11-13-5-7-14(8-6-13)16(3,15(18)19)17-9-10-20-4/h5-8,12,17H,9-11H2,1-4H3,(H,18,19). The van der Waals surface area contributed by atoms with Crippen LogP contribution in [0.3, 0.4) is 0 Å². The molecule has 0 fully saturated rings. The van der Waals surface area contributed by atoms with Gasteiger partial charge in [0.2, 0.25) is 0 Å². The highest BCUT2D eigenvalue weighted by atomic mass is 16.5. The van der Waals surface area contributed by atoms with E-state index in [1.165, 1.54) is 5.56 Å². The molecule has 2 N–H and O–H groups in total. The van der Waals surface area contributed by atoms with Crippen LogP contribution in [0.5, 0.6) is 0 Å². The van der Waals surface area contributed by atoms with Crippen LogP contribution < -0.4 is 5.32 Å². The van der Waals surface area contributed by atoms with Crippen LogP contribution in [0.4, 0.5) is 0 Å². The van der Waals surface area contributed by atoms with Crippen molar-refractivity contribution in [3.63, 3.8) is 0 Å². The predicted octanol–water partition coefficient (Wildman–Crippen LogP) is 2.42. The Kier molecular flexibility index (Phi) is 6.17. The van der Waals surface area contributed by atoms with E-state index in [-0.39, 0.29) is 0 Å². The number of nitrogens with one attached hydrogen (secondary N) is 1. The SMILES string of the molecule is COCCNC(C)(C(=O)O)c1ccc(CC(C)C)cc1. The molecule has 0 heterocycles. The lowest BCUT2D eigenvalue weighted by atomic mass is 9.90. The van der Waals surface area contributed by atoms with Gasteiger partial charge in [0, 0.05) is 13.7 Å². The number of aliphatic carboxylic acids is 1. The van der Waals surface area contributed by atoms with Crippen molar-refractivity contribution in [1.29, 1.82) is 0 Å². The van der Waals surface area contributed by atoms with E-state index in [4.69, 9.17) is 4.74 Å². The summed E-state index contributed by atoms with van der Waals surface area (Å²) in [7, 11) is 1.60. The summed E-state index contributed by atoms with van der Waals surface area (Å²) < 4.78 is 4.96. The molecule has 1 rings (SSSR count). The minimum absolute atomic E-state index is 0.480. The molecule has 0 bridgehead atoms. The van der Waals surface area contributed by atoms with Crippen LogP contribution in [-0.2, 0) is 21.5 Å². The molecular formula is C16H25NO3. The number of rotatable bonds is 8. The number of carboxylic acids is 1. The Morgan fingerprint density at radius 2 is 1.95 bits per heavy atom. The molecule has 0 aliphatic heterocycles. The minimum atomic E-state index is -1.09. The third-order valence-electron chi connectivity index (χ3n) is 3.39. The van der Waals surface area contributed by atoms with Crippen molar-refractivity contribution < 1.29 is 14.6 Å². The number of carboxylic acid groups (broad SMARTS) is 1. The van der Waals surface area contributed by atoms with Crippen molar-refractivity contribution in [3.05, 3.63) is 35.4 Å². The monoisotopic (exact) mass is 279 g/mol. The van der Waals surface area contributed by atoms with Crippen LogP contribution in [0.25, 0.3) is 0 Å². The second-order valence-corrected chi connectivity index (χ2v) is 5.64. The van der Waals surface area contributed by atoms with Crippen LogP contribution in [0.15, 0.2) is 24.3 Å². The first-order chi connectivity index (χ1) is 9.40. The molecule has 0 aliphatic carbocycles. The van der Waals surface area contributed by atoms with Gasteiger partial charge >= 0.3 is 5.97 Å². The molecule has 0 saturated heterocycles. The molecule has 1 aromatic carbocycles. The number of carbonyl (C=O) groups is 1. The van der Waals surface area contributed by atoms with E-state index in [2.05, 4.69) is 19.2 Å². The van der Waals surface area contributed by atoms with Crippen LogP contribution in [0, 0.1) is 5.92 Å². The van der Waals surface area contributed by atoms with E-state index in [1.807, 2.05) is 24.3 Å². The molecule has 0 amide bonds. The van der Waals surface area contributed by atoms with Crippen molar-refractivity contribution in [3.8, 4) is 0 Å². The van der Waals surface area contributed by atoms with E-state index in [1.54, 1.807) is 14.0 Å². The van der Waals surface area contributed by atoms with Gasteiger partial charge in [-0.25, -0.2) is 4.79 Å². The Hall–Kier alpha value is -1.39. The number of hydrogen-bond donors (Lipinski definition) is 2. The Labute approximate surface area is 121 Å². The van der Waals surface area contributed by atoms with Crippen molar-refractivity contribution in [1.82, 2.24) is 5.32 Å². The van der Waals surface area contributed by atoms with Gasteiger partial charge in [0.1, 0.15) is 5.54 Å². The summed E-state index contributed by atoms with van der Waals surface area (Å²) in [6.07, 6.45) is 1.00. The van der Waals surface area contributed by atoms with Gasteiger partial charge < -0.3 is 9.84 Å². The van der Waals surface area contributed by atoms with E-state index in [0.717, 1.165) is 12.0 Å². The van der Waals surface area contributed by atoms with Crippen LogP contribution in [0.1, 0.15) is 31.9 Å². The number of methoxy groups -OCH3 is 1. The summed E-state index contributed by atoms with van der Waals surface area (Å²) in [5.74, 6) is -0.295. The first-order valence-electron chi connectivity index (χ1n) is 6.97. The van der Waals surface area contributed by atoms with Crippen molar-refractivity contribution >= 4 is 5.97 Å². The maximum absolute atomic E-state index is 11.6. The number of hydrogen-bond acceptors (Lipinski definition) is 3. The third-order valence-corrected chi connectivity index (χ3v) is 3.39. The largest absolute Gasteiger partial charge is 0.480 e. The molecule has 0 aromatic heterocycles. The molecule has 20 heavy (non-hydrogen) atoms. The predicted molar refractivity (Wildman–Crippen MR) is 79.9 cm³/mol. The van der Waals surface area contributed by atoms with E-state index < -0.39 is 11.5 Å². The van der Waals surface area contributed by atoms with Crippen molar-refractivity contribution in [2.45, 2.75) is 32.7 Å². The summed E-state index contributed by atoms with van der Waals surface area (Å²) in [5, 5.41) is 12.5. The topological polar surface area (TPSA) is 58.6 Å². The van der Waals surface area contributed by atoms with Gasteiger partial charge in [-0.15, -0.1) is 0 Å². The van der Waals surface area contributed by atoms with Crippen LogP contribution >= 0.6 is 0 Å². The van der Waals surface area contributed by atoms with Gasteiger partial charge in [-0.3, -0.25) is 5.32 Å². The molecule has 4 nitrogen and oxygen atoms in total. The Morgan fingerprint density at radius 1 is 1.35 bits per heavy atom. The Bertz CT molecular complexity index is 428. The summed E-state index contributed by atoms with van der Waals surface area (Å²) in [6.45, 7) is 6.99. The molecular weight excluding hydrogens is 254 g/mol. The quantitative estimate of drug-likeness (QED) is 0.718. The average molecular weight is 279 g/mol. The highest BCUT2D eigenvalue weighted by Crippen LogP contribution is 2.22. The van der Waals surface area contributed by atoms with Gasteiger partial charge in [-0.2, -0.15) is 0 Å². The lowest BCUT2D eigenvalue weighted by molar-refractivity contribution is -0.144. The van der Waals surface area contributed by atoms with Crippen LogP contribution in [-0.4, -0.2) is 31.3 Å². The summed E-state index contributed by atoms with van der Waals surface area (Å²) in [5.41, 5.74) is 0.900. The zero-order valence-electron chi connectivity index (χ0n) is 12.8. The molecule has 0 radical (unpaired) electrons. The maximum Gasteiger partial charge on any atom is 0.328 e. The normalized spacial score (nSPS) is 14.2. The average Bonchev–Trinajstić information content (AvgIpc) is 2.38. The fourth-order valence-corrected chi connectivity index (χ4v) is 2.15. The number of ether oxygens (including phenoxy) is 1.